The highest BCUT2D eigenvalue weighted by Gasteiger charge is 2.26. The van der Waals surface area contributed by atoms with Crippen LogP contribution >= 0.6 is 0 Å². The molecule has 2 aromatic heterocycles. The number of hydrogen-bond donors (Lipinski definition) is 2. The number of aromatic nitrogens is 2. The van der Waals surface area contributed by atoms with Crippen molar-refractivity contribution in [3.8, 4) is 11.5 Å². The molecule has 32 heavy (non-hydrogen) atoms. The molecule has 0 bridgehead atoms. The third-order valence-corrected chi connectivity index (χ3v) is 5.13. The number of rotatable bonds is 4. The number of piperazine rings is 1. The fraction of sp³-hybridized carbons (Fsp3) is 0.348. The Morgan fingerprint density at radius 1 is 1.09 bits per heavy atom. The quantitative estimate of drug-likeness (QED) is 0.646. The van der Waals surface area contributed by atoms with E-state index >= 15 is 0 Å². The lowest BCUT2D eigenvalue weighted by molar-refractivity contribution is 0.0240. The number of amides is 2. The van der Waals surface area contributed by atoms with Crippen molar-refractivity contribution in [1.29, 1.82) is 0 Å². The van der Waals surface area contributed by atoms with Crippen molar-refractivity contribution in [1.82, 2.24) is 14.9 Å². The number of pyridine rings is 1. The largest absolute Gasteiger partial charge is 0.455 e. The number of carbonyl (C=O) groups is 2. The van der Waals surface area contributed by atoms with Gasteiger partial charge in [0.25, 0.3) is 5.91 Å². The highest BCUT2D eigenvalue weighted by molar-refractivity contribution is 5.96. The Balaban J connectivity index is 1.50. The standard InChI is InChI=1S/C23H27N5O4/c1-23(2,3)32-22(30)28-10-8-27(9-11-28)16-4-5-18(20(24)29)19(13-16)31-17-12-15-6-7-25-21(15)26-14-17/h4-7,12-14H,8-11H2,1-3H3,(H2,24,29)(H,25,26). The molecule has 3 heterocycles. The molecule has 1 aliphatic heterocycles. The summed E-state index contributed by atoms with van der Waals surface area (Å²) >= 11 is 0. The Morgan fingerprint density at radius 2 is 1.84 bits per heavy atom. The number of fused-ring (bicyclic) bond motifs is 1. The topological polar surface area (TPSA) is 114 Å². The first kappa shape index (κ1) is 21.5. The summed E-state index contributed by atoms with van der Waals surface area (Å²) in [7, 11) is 0. The molecule has 0 aliphatic carbocycles. The van der Waals surface area contributed by atoms with Gasteiger partial charge in [-0.15, -0.1) is 0 Å². The molecule has 0 saturated carbocycles. The molecule has 1 saturated heterocycles. The first-order valence-electron chi connectivity index (χ1n) is 10.5. The fourth-order valence-electron chi connectivity index (χ4n) is 3.57. The van der Waals surface area contributed by atoms with Crippen molar-refractivity contribution in [3.05, 3.63) is 48.3 Å². The van der Waals surface area contributed by atoms with Gasteiger partial charge in [0.2, 0.25) is 0 Å². The fourth-order valence-corrected chi connectivity index (χ4v) is 3.57. The van der Waals surface area contributed by atoms with Crippen LogP contribution in [0, 0.1) is 0 Å². The van der Waals surface area contributed by atoms with Gasteiger partial charge in [-0.2, -0.15) is 0 Å². The molecule has 0 unspecified atom stereocenters. The van der Waals surface area contributed by atoms with Gasteiger partial charge in [-0.1, -0.05) is 0 Å². The first-order valence-corrected chi connectivity index (χ1v) is 10.5. The summed E-state index contributed by atoms with van der Waals surface area (Å²) in [6.07, 6.45) is 3.09. The molecule has 9 nitrogen and oxygen atoms in total. The molecular formula is C23H27N5O4. The number of primary amides is 1. The predicted molar refractivity (Wildman–Crippen MR) is 121 cm³/mol. The minimum atomic E-state index is -0.572. The van der Waals surface area contributed by atoms with E-state index in [0.29, 0.717) is 37.7 Å². The summed E-state index contributed by atoms with van der Waals surface area (Å²) in [6, 6.07) is 9.03. The van der Waals surface area contributed by atoms with E-state index in [-0.39, 0.29) is 11.7 Å². The Bertz CT molecular complexity index is 1140. The number of benzene rings is 1. The van der Waals surface area contributed by atoms with Gasteiger partial charge < -0.3 is 30.0 Å². The average molecular weight is 438 g/mol. The van der Waals surface area contributed by atoms with Crippen molar-refractivity contribution < 1.29 is 19.1 Å². The third kappa shape index (κ3) is 4.77. The Kier molecular flexibility index (Phi) is 5.65. The lowest BCUT2D eigenvalue weighted by Crippen LogP contribution is -2.50. The van der Waals surface area contributed by atoms with Gasteiger partial charge in [0.15, 0.2) is 0 Å². The van der Waals surface area contributed by atoms with Gasteiger partial charge >= 0.3 is 6.09 Å². The van der Waals surface area contributed by atoms with Crippen molar-refractivity contribution >= 4 is 28.7 Å². The zero-order valence-electron chi connectivity index (χ0n) is 18.4. The molecule has 3 N–H and O–H groups in total. The van der Waals surface area contributed by atoms with Crippen molar-refractivity contribution in [3.63, 3.8) is 0 Å². The average Bonchev–Trinajstić information content (AvgIpc) is 3.20. The van der Waals surface area contributed by atoms with E-state index in [4.69, 9.17) is 15.2 Å². The Hall–Kier alpha value is -3.75. The van der Waals surface area contributed by atoms with Crippen LogP contribution in [-0.4, -0.2) is 58.6 Å². The number of nitrogens with two attached hydrogens (primary N) is 1. The van der Waals surface area contributed by atoms with E-state index in [1.807, 2.05) is 39.0 Å². The molecule has 1 aliphatic rings. The number of nitrogens with one attached hydrogen (secondary N) is 1. The number of anilines is 1. The molecule has 0 atom stereocenters. The molecule has 3 aromatic rings. The maximum atomic E-state index is 12.3. The van der Waals surface area contributed by atoms with Crippen LogP contribution < -0.4 is 15.4 Å². The van der Waals surface area contributed by atoms with Gasteiger partial charge in [0.1, 0.15) is 22.7 Å². The number of nitrogens with zero attached hydrogens (tertiary/aromatic N) is 3. The summed E-state index contributed by atoms with van der Waals surface area (Å²) in [5.74, 6) is 0.296. The second-order valence-electron chi connectivity index (χ2n) is 8.69. The second kappa shape index (κ2) is 8.41. The summed E-state index contributed by atoms with van der Waals surface area (Å²) in [5.41, 5.74) is 6.96. The molecule has 0 radical (unpaired) electrons. The number of hydrogen-bond acceptors (Lipinski definition) is 6. The molecule has 1 aromatic carbocycles. The van der Waals surface area contributed by atoms with Crippen molar-refractivity contribution in [2.24, 2.45) is 5.73 Å². The van der Waals surface area contributed by atoms with Gasteiger partial charge in [-0.05, 0) is 45.0 Å². The van der Waals surface area contributed by atoms with E-state index in [1.54, 1.807) is 29.4 Å². The third-order valence-electron chi connectivity index (χ3n) is 5.13. The van der Waals surface area contributed by atoms with E-state index in [9.17, 15) is 9.59 Å². The molecule has 168 valence electrons. The molecule has 1 fully saturated rings. The van der Waals surface area contributed by atoms with Gasteiger partial charge in [0, 0.05) is 49.5 Å². The SMILES string of the molecule is CC(C)(C)OC(=O)N1CCN(c2ccc(C(N)=O)c(Oc3cnc4[nH]ccc4c3)c2)CC1. The van der Waals surface area contributed by atoms with Crippen LogP contribution in [0.3, 0.4) is 0 Å². The van der Waals surface area contributed by atoms with Crippen LogP contribution in [-0.2, 0) is 4.74 Å². The molecular weight excluding hydrogens is 410 g/mol. The lowest BCUT2D eigenvalue weighted by atomic mass is 10.1. The van der Waals surface area contributed by atoms with Gasteiger partial charge in [-0.3, -0.25) is 4.79 Å². The van der Waals surface area contributed by atoms with Gasteiger partial charge in [0.05, 0.1) is 11.8 Å². The lowest BCUT2D eigenvalue weighted by Gasteiger charge is -2.36. The van der Waals surface area contributed by atoms with E-state index in [1.165, 1.54) is 0 Å². The smallest absolute Gasteiger partial charge is 0.410 e. The van der Waals surface area contributed by atoms with Crippen LogP contribution in [0.4, 0.5) is 10.5 Å². The number of aromatic amines is 1. The summed E-state index contributed by atoms with van der Waals surface area (Å²) < 4.78 is 11.5. The zero-order valence-corrected chi connectivity index (χ0v) is 18.4. The predicted octanol–water partition coefficient (Wildman–Crippen LogP) is 3.51. The van der Waals surface area contributed by atoms with Crippen LogP contribution in [0.5, 0.6) is 11.5 Å². The molecule has 0 spiro atoms. The normalized spacial score (nSPS) is 14.5. The van der Waals surface area contributed by atoms with Crippen LogP contribution in [0.2, 0.25) is 0 Å². The van der Waals surface area contributed by atoms with E-state index in [2.05, 4.69) is 14.9 Å². The van der Waals surface area contributed by atoms with Crippen LogP contribution in [0.25, 0.3) is 11.0 Å². The van der Waals surface area contributed by atoms with E-state index < -0.39 is 11.5 Å². The second-order valence-corrected chi connectivity index (χ2v) is 8.69. The highest BCUT2D eigenvalue weighted by Crippen LogP contribution is 2.31. The summed E-state index contributed by atoms with van der Waals surface area (Å²) in [5, 5.41) is 0.901. The summed E-state index contributed by atoms with van der Waals surface area (Å²) in [6.45, 7) is 7.90. The molecule has 4 rings (SSSR count). The Morgan fingerprint density at radius 3 is 2.53 bits per heavy atom. The highest BCUT2D eigenvalue weighted by atomic mass is 16.6. The van der Waals surface area contributed by atoms with Gasteiger partial charge in [-0.25, -0.2) is 9.78 Å². The maximum absolute atomic E-state index is 12.3. The Labute approximate surface area is 186 Å². The monoisotopic (exact) mass is 437 g/mol. The number of ether oxygens (including phenoxy) is 2. The number of carbonyl (C=O) groups excluding carboxylic acids is 2. The van der Waals surface area contributed by atoms with Crippen molar-refractivity contribution in [2.75, 3.05) is 31.1 Å². The first-order chi connectivity index (χ1) is 15.2. The van der Waals surface area contributed by atoms with Crippen molar-refractivity contribution in [2.45, 2.75) is 26.4 Å². The van der Waals surface area contributed by atoms with Crippen LogP contribution in [0.15, 0.2) is 42.7 Å². The van der Waals surface area contributed by atoms with E-state index in [0.717, 1.165) is 16.7 Å². The number of H-pyrrole nitrogens is 1. The zero-order chi connectivity index (χ0) is 22.9. The minimum absolute atomic E-state index is 0.287. The maximum Gasteiger partial charge on any atom is 0.410 e. The summed E-state index contributed by atoms with van der Waals surface area (Å²) in [4.78, 5) is 35.4. The molecule has 9 heteroatoms. The minimum Gasteiger partial charge on any atom is -0.455 e. The van der Waals surface area contributed by atoms with Crippen LogP contribution in [0.1, 0.15) is 31.1 Å². The molecule has 2 amide bonds.